The van der Waals surface area contributed by atoms with E-state index in [9.17, 15) is 9.59 Å². The van der Waals surface area contributed by atoms with E-state index in [2.05, 4.69) is 21.9 Å². The third-order valence-corrected chi connectivity index (χ3v) is 4.31. The highest BCUT2D eigenvalue weighted by atomic mass is 32.2. The molecule has 19 heavy (non-hydrogen) atoms. The second kappa shape index (κ2) is 6.10. The zero-order chi connectivity index (χ0) is 13.8. The second-order valence-electron chi connectivity index (χ2n) is 4.44. The van der Waals surface area contributed by atoms with Gasteiger partial charge >= 0.3 is 5.97 Å². The molecule has 1 aromatic heterocycles. The maximum atomic E-state index is 11.9. The predicted molar refractivity (Wildman–Crippen MR) is 70.5 cm³/mol. The number of carboxylic acids is 1. The Morgan fingerprint density at radius 1 is 1.58 bits per heavy atom. The van der Waals surface area contributed by atoms with Crippen LogP contribution in [0.1, 0.15) is 47.2 Å². The number of aromatic carboxylic acids is 1. The lowest BCUT2D eigenvalue weighted by atomic mass is 10.2. The van der Waals surface area contributed by atoms with Gasteiger partial charge in [0.2, 0.25) is 5.76 Å². The fourth-order valence-corrected chi connectivity index (χ4v) is 3.34. The summed E-state index contributed by atoms with van der Waals surface area (Å²) in [7, 11) is 0. The third kappa shape index (κ3) is 3.50. The van der Waals surface area contributed by atoms with Gasteiger partial charge in [0.1, 0.15) is 0 Å². The van der Waals surface area contributed by atoms with E-state index in [1.807, 2.05) is 11.8 Å². The van der Waals surface area contributed by atoms with Crippen molar-refractivity contribution in [2.45, 2.75) is 37.5 Å². The molecule has 2 unspecified atom stereocenters. The number of amides is 1. The molecule has 1 heterocycles. The number of aromatic nitrogens is 1. The Hall–Kier alpha value is -1.50. The largest absolute Gasteiger partial charge is 0.475 e. The van der Waals surface area contributed by atoms with Crippen LogP contribution < -0.4 is 5.32 Å². The Morgan fingerprint density at radius 2 is 2.37 bits per heavy atom. The lowest BCUT2D eigenvalue weighted by Crippen LogP contribution is -2.33. The van der Waals surface area contributed by atoms with Crippen LogP contribution in [-0.4, -0.2) is 39.2 Å². The summed E-state index contributed by atoms with van der Waals surface area (Å²) in [5.74, 6) is -0.845. The Bertz CT molecular complexity index is 474. The number of carboxylic acid groups (broad SMARTS) is 1. The Balaban J connectivity index is 1.89. The van der Waals surface area contributed by atoms with Gasteiger partial charge in [0.15, 0.2) is 5.69 Å². The van der Waals surface area contributed by atoms with E-state index in [1.165, 1.54) is 0 Å². The molecule has 1 fully saturated rings. The lowest BCUT2D eigenvalue weighted by Gasteiger charge is -2.11. The summed E-state index contributed by atoms with van der Waals surface area (Å²) < 4.78 is 4.56. The molecule has 0 aromatic carbocycles. The molecule has 6 nitrogen and oxygen atoms in total. The molecule has 7 heteroatoms. The molecule has 2 N–H and O–H groups in total. The van der Waals surface area contributed by atoms with Crippen LogP contribution >= 0.6 is 11.8 Å². The SMILES string of the molecule is CCSC1CCC(NC(=O)c2cc(C(=O)O)on2)C1. The van der Waals surface area contributed by atoms with Crippen molar-refractivity contribution < 1.29 is 19.2 Å². The number of rotatable bonds is 5. The molecule has 0 radical (unpaired) electrons. The van der Waals surface area contributed by atoms with Gasteiger partial charge in [0.05, 0.1) is 0 Å². The molecular formula is C12H16N2O4S. The molecule has 1 amide bonds. The number of hydrogen-bond donors (Lipinski definition) is 2. The van der Waals surface area contributed by atoms with Gasteiger partial charge in [-0.1, -0.05) is 12.1 Å². The first-order valence-electron chi connectivity index (χ1n) is 6.22. The molecule has 1 aliphatic carbocycles. The van der Waals surface area contributed by atoms with Crippen LogP contribution in [0.25, 0.3) is 0 Å². The number of carbonyl (C=O) groups is 2. The highest BCUT2D eigenvalue weighted by molar-refractivity contribution is 7.99. The summed E-state index contributed by atoms with van der Waals surface area (Å²) in [6.07, 6.45) is 3.00. The van der Waals surface area contributed by atoms with E-state index in [4.69, 9.17) is 5.11 Å². The zero-order valence-corrected chi connectivity index (χ0v) is 11.4. The Morgan fingerprint density at radius 3 is 3.00 bits per heavy atom. The molecule has 2 atom stereocenters. The van der Waals surface area contributed by atoms with E-state index >= 15 is 0 Å². The van der Waals surface area contributed by atoms with Gasteiger partial charge in [-0.25, -0.2) is 4.79 Å². The van der Waals surface area contributed by atoms with Gasteiger partial charge in [-0.3, -0.25) is 4.79 Å². The molecule has 0 bridgehead atoms. The topological polar surface area (TPSA) is 92.4 Å². The van der Waals surface area contributed by atoms with Crippen molar-refractivity contribution >= 4 is 23.6 Å². The van der Waals surface area contributed by atoms with E-state index in [0.29, 0.717) is 5.25 Å². The lowest BCUT2D eigenvalue weighted by molar-refractivity contribution is 0.0651. The highest BCUT2D eigenvalue weighted by Gasteiger charge is 2.27. The monoisotopic (exact) mass is 284 g/mol. The molecule has 0 aliphatic heterocycles. The van der Waals surface area contributed by atoms with Crippen molar-refractivity contribution in [3.8, 4) is 0 Å². The van der Waals surface area contributed by atoms with Crippen molar-refractivity contribution in [2.24, 2.45) is 0 Å². The molecule has 0 spiro atoms. The Labute approximate surface area is 114 Å². The minimum Gasteiger partial charge on any atom is -0.475 e. The first-order chi connectivity index (χ1) is 9.10. The van der Waals surface area contributed by atoms with Gasteiger partial charge in [0.25, 0.3) is 5.91 Å². The van der Waals surface area contributed by atoms with Crippen molar-refractivity contribution in [3.05, 3.63) is 17.5 Å². The number of nitrogens with one attached hydrogen (secondary N) is 1. The van der Waals surface area contributed by atoms with Crippen molar-refractivity contribution in [1.82, 2.24) is 10.5 Å². The van der Waals surface area contributed by atoms with Gasteiger partial charge in [-0.05, 0) is 25.0 Å². The van der Waals surface area contributed by atoms with Crippen LogP contribution in [0.3, 0.4) is 0 Å². The van der Waals surface area contributed by atoms with E-state index in [-0.39, 0.29) is 23.4 Å². The molecule has 1 aliphatic rings. The summed E-state index contributed by atoms with van der Waals surface area (Å²) in [6.45, 7) is 2.12. The number of thioether (sulfide) groups is 1. The minimum absolute atomic E-state index is 0.0176. The standard InChI is InChI=1S/C12H16N2O4S/c1-2-19-8-4-3-7(5-8)13-11(15)9-6-10(12(16)17)18-14-9/h6-8H,2-5H2,1H3,(H,13,15)(H,16,17). The molecule has 1 saturated carbocycles. The summed E-state index contributed by atoms with van der Waals surface area (Å²) in [6, 6.07) is 1.28. The second-order valence-corrected chi connectivity index (χ2v) is 6.02. The number of hydrogen-bond acceptors (Lipinski definition) is 5. The molecule has 0 saturated heterocycles. The predicted octanol–water partition coefficient (Wildman–Crippen LogP) is 1.78. The molecule has 2 rings (SSSR count). The van der Waals surface area contributed by atoms with E-state index in [0.717, 1.165) is 31.1 Å². The quantitative estimate of drug-likeness (QED) is 0.856. The van der Waals surface area contributed by atoms with Crippen LogP contribution in [0.15, 0.2) is 10.6 Å². The maximum absolute atomic E-state index is 11.9. The van der Waals surface area contributed by atoms with Crippen LogP contribution in [0.2, 0.25) is 0 Å². The summed E-state index contributed by atoms with van der Waals surface area (Å²) in [5, 5.41) is 15.6. The van der Waals surface area contributed by atoms with Crippen molar-refractivity contribution in [3.63, 3.8) is 0 Å². The summed E-state index contributed by atoms with van der Waals surface area (Å²) >= 11 is 1.91. The molecule has 104 valence electrons. The van der Waals surface area contributed by atoms with Crippen LogP contribution in [0.4, 0.5) is 0 Å². The fraction of sp³-hybridized carbons (Fsp3) is 0.583. The molecule has 1 aromatic rings. The van der Waals surface area contributed by atoms with E-state index in [1.54, 1.807) is 0 Å². The van der Waals surface area contributed by atoms with Gasteiger partial charge in [0, 0.05) is 17.4 Å². The first-order valence-corrected chi connectivity index (χ1v) is 7.27. The first kappa shape index (κ1) is 13.9. The summed E-state index contributed by atoms with van der Waals surface area (Å²) in [4.78, 5) is 22.5. The average Bonchev–Trinajstić information content (AvgIpc) is 2.98. The maximum Gasteiger partial charge on any atom is 0.374 e. The third-order valence-electron chi connectivity index (χ3n) is 3.08. The zero-order valence-electron chi connectivity index (χ0n) is 10.6. The van der Waals surface area contributed by atoms with Crippen LogP contribution in [0, 0.1) is 0 Å². The van der Waals surface area contributed by atoms with Gasteiger partial charge in [-0.15, -0.1) is 0 Å². The average molecular weight is 284 g/mol. The summed E-state index contributed by atoms with van der Waals surface area (Å²) in [5.41, 5.74) is 0.0176. The Kier molecular flexibility index (Phi) is 4.47. The minimum atomic E-state index is -1.23. The fourth-order valence-electron chi connectivity index (χ4n) is 2.20. The number of nitrogens with zero attached hydrogens (tertiary/aromatic N) is 1. The smallest absolute Gasteiger partial charge is 0.374 e. The van der Waals surface area contributed by atoms with Gasteiger partial charge < -0.3 is 14.9 Å². The van der Waals surface area contributed by atoms with E-state index < -0.39 is 5.97 Å². The van der Waals surface area contributed by atoms with Gasteiger partial charge in [-0.2, -0.15) is 11.8 Å². The van der Waals surface area contributed by atoms with Crippen LogP contribution in [-0.2, 0) is 0 Å². The number of carbonyl (C=O) groups excluding carboxylic acids is 1. The normalized spacial score (nSPS) is 22.4. The van der Waals surface area contributed by atoms with Crippen LogP contribution in [0.5, 0.6) is 0 Å². The highest BCUT2D eigenvalue weighted by Crippen LogP contribution is 2.29. The molecular weight excluding hydrogens is 268 g/mol. The van der Waals surface area contributed by atoms with Crippen molar-refractivity contribution in [1.29, 1.82) is 0 Å². The van der Waals surface area contributed by atoms with Crippen molar-refractivity contribution in [2.75, 3.05) is 5.75 Å².